The van der Waals surface area contributed by atoms with E-state index in [1.54, 1.807) is 6.92 Å². The van der Waals surface area contributed by atoms with E-state index in [1.807, 2.05) is 0 Å². The molecule has 1 aliphatic carbocycles. The summed E-state index contributed by atoms with van der Waals surface area (Å²) in [5.41, 5.74) is -0.902. The topological polar surface area (TPSA) is 43.4 Å². The maximum Gasteiger partial charge on any atom is 0.319 e. The zero-order chi connectivity index (χ0) is 10.6. The highest BCUT2D eigenvalue weighted by Crippen LogP contribution is 2.33. The van der Waals surface area contributed by atoms with Gasteiger partial charge in [0.2, 0.25) is 0 Å². The number of hydrogen-bond donors (Lipinski definition) is 0. The maximum atomic E-state index is 11.6. The fourth-order valence-electron chi connectivity index (χ4n) is 1.69. The Labute approximate surface area is 84.1 Å². The predicted octanol–water partition coefficient (Wildman–Crippen LogP) is 1.86. The van der Waals surface area contributed by atoms with Crippen LogP contribution in [-0.4, -0.2) is 18.4 Å². The first kappa shape index (κ1) is 11.0. The number of hydrogen-bond acceptors (Lipinski definition) is 3. The smallest absolute Gasteiger partial charge is 0.319 e. The largest absolute Gasteiger partial charge is 0.461 e. The van der Waals surface area contributed by atoms with Gasteiger partial charge in [-0.25, -0.2) is 0 Å². The molecule has 1 rings (SSSR count). The quantitative estimate of drug-likeness (QED) is 0.393. The molecule has 1 saturated carbocycles. The highest BCUT2D eigenvalue weighted by atomic mass is 16.5. The molecule has 78 valence electrons. The molecule has 0 aliphatic heterocycles. The van der Waals surface area contributed by atoms with Crippen molar-refractivity contribution in [2.24, 2.45) is 5.41 Å². The molecule has 3 nitrogen and oxygen atoms in total. The minimum atomic E-state index is -0.902. The molecule has 0 radical (unpaired) electrons. The molecular formula is C11H16O3. The van der Waals surface area contributed by atoms with E-state index in [4.69, 9.17) is 4.74 Å². The van der Waals surface area contributed by atoms with Crippen LogP contribution in [0.5, 0.6) is 0 Å². The minimum absolute atomic E-state index is 0.0119. The minimum Gasteiger partial charge on any atom is -0.461 e. The van der Waals surface area contributed by atoms with Gasteiger partial charge in [0.15, 0.2) is 0 Å². The average molecular weight is 196 g/mol. The lowest BCUT2D eigenvalue weighted by atomic mass is 9.75. The maximum absolute atomic E-state index is 11.6. The third-order valence-electron chi connectivity index (χ3n) is 2.73. The Morgan fingerprint density at radius 1 is 1.64 bits per heavy atom. The summed E-state index contributed by atoms with van der Waals surface area (Å²) in [4.78, 5) is 23.2. The van der Waals surface area contributed by atoms with Gasteiger partial charge in [-0.05, 0) is 19.8 Å². The zero-order valence-electron chi connectivity index (χ0n) is 8.54. The van der Waals surface area contributed by atoms with E-state index in [0.717, 1.165) is 12.8 Å². The number of carbonyl (C=O) groups is 2. The normalized spacial score (nSPS) is 27.1. The van der Waals surface area contributed by atoms with Crippen molar-refractivity contribution in [2.45, 2.75) is 32.6 Å². The molecular weight excluding hydrogens is 180 g/mol. The van der Waals surface area contributed by atoms with E-state index in [9.17, 15) is 9.59 Å². The van der Waals surface area contributed by atoms with Gasteiger partial charge in [0.1, 0.15) is 17.8 Å². The van der Waals surface area contributed by atoms with Gasteiger partial charge in [-0.1, -0.05) is 19.1 Å². The van der Waals surface area contributed by atoms with E-state index in [2.05, 4.69) is 6.58 Å². The number of rotatable bonds is 3. The molecule has 1 atom stereocenters. The average Bonchev–Trinajstić information content (AvgIpc) is 2.19. The number of esters is 1. The Hall–Kier alpha value is -1.12. The van der Waals surface area contributed by atoms with Crippen molar-refractivity contribution in [3.05, 3.63) is 12.7 Å². The van der Waals surface area contributed by atoms with Crippen LogP contribution in [0, 0.1) is 5.41 Å². The van der Waals surface area contributed by atoms with Gasteiger partial charge in [-0.3, -0.25) is 9.59 Å². The van der Waals surface area contributed by atoms with Gasteiger partial charge < -0.3 is 4.74 Å². The van der Waals surface area contributed by atoms with Gasteiger partial charge in [0, 0.05) is 6.42 Å². The molecule has 0 bridgehead atoms. The molecule has 0 amide bonds. The van der Waals surface area contributed by atoms with Gasteiger partial charge in [0.25, 0.3) is 0 Å². The van der Waals surface area contributed by atoms with Crippen molar-refractivity contribution in [1.82, 2.24) is 0 Å². The second-order valence-electron chi connectivity index (χ2n) is 3.85. The van der Waals surface area contributed by atoms with Crippen molar-refractivity contribution in [1.29, 1.82) is 0 Å². The zero-order valence-corrected chi connectivity index (χ0v) is 8.54. The highest BCUT2D eigenvalue weighted by Gasteiger charge is 2.43. The van der Waals surface area contributed by atoms with Crippen LogP contribution in [0.1, 0.15) is 32.6 Å². The second-order valence-corrected chi connectivity index (χ2v) is 3.85. The summed E-state index contributed by atoms with van der Waals surface area (Å²) in [5.74, 6) is -0.389. The molecule has 1 unspecified atom stereocenters. The molecule has 1 fully saturated rings. The molecule has 3 heteroatoms. The molecule has 0 saturated heterocycles. The Morgan fingerprint density at radius 3 is 2.93 bits per heavy atom. The van der Waals surface area contributed by atoms with Crippen molar-refractivity contribution in [2.75, 3.05) is 6.61 Å². The molecule has 1 aliphatic rings. The molecule has 0 aromatic carbocycles. The van der Waals surface area contributed by atoms with Crippen molar-refractivity contribution in [3.8, 4) is 0 Å². The fourth-order valence-corrected chi connectivity index (χ4v) is 1.69. The van der Waals surface area contributed by atoms with Crippen molar-refractivity contribution >= 4 is 11.8 Å². The van der Waals surface area contributed by atoms with Crippen LogP contribution >= 0.6 is 0 Å². The first-order valence-electron chi connectivity index (χ1n) is 4.92. The monoisotopic (exact) mass is 196 g/mol. The molecule has 0 aromatic rings. The molecule has 0 aromatic heterocycles. The van der Waals surface area contributed by atoms with Crippen LogP contribution in [-0.2, 0) is 14.3 Å². The van der Waals surface area contributed by atoms with E-state index in [-0.39, 0.29) is 12.4 Å². The lowest BCUT2D eigenvalue weighted by molar-refractivity contribution is -0.160. The molecule has 0 heterocycles. The van der Waals surface area contributed by atoms with Crippen molar-refractivity contribution in [3.63, 3.8) is 0 Å². The molecule has 14 heavy (non-hydrogen) atoms. The summed E-state index contributed by atoms with van der Waals surface area (Å²) in [6.07, 6.45) is 4.44. The van der Waals surface area contributed by atoms with E-state index in [1.165, 1.54) is 6.08 Å². The number of Topliss-reactive ketones (excluding diaryl/α,β-unsaturated/α-hetero) is 1. The summed E-state index contributed by atoms with van der Waals surface area (Å²) in [5, 5.41) is 0. The van der Waals surface area contributed by atoms with Crippen LogP contribution < -0.4 is 0 Å². The Balaban J connectivity index is 2.66. The van der Waals surface area contributed by atoms with E-state index in [0.29, 0.717) is 12.8 Å². The van der Waals surface area contributed by atoms with Crippen LogP contribution in [0.3, 0.4) is 0 Å². The second kappa shape index (κ2) is 4.40. The van der Waals surface area contributed by atoms with Gasteiger partial charge >= 0.3 is 5.97 Å². The fraction of sp³-hybridized carbons (Fsp3) is 0.636. The molecule has 0 N–H and O–H groups in total. The first-order valence-corrected chi connectivity index (χ1v) is 4.92. The third kappa shape index (κ3) is 2.03. The van der Waals surface area contributed by atoms with Gasteiger partial charge in [-0.2, -0.15) is 0 Å². The third-order valence-corrected chi connectivity index (χ3v) is 2.73. The lowest BCUT2D eigenvalue weighted by Crippen LogP contribution is -2.40. The standard InChI is InChI=1S/C11H16O3/c1-3-8-14-10(13)11(2)7-5-4-6-9(11)12/h3H,1,4-8H2,2H3. The predicted molar refractivity (Wildman–Crippen MR) is 52.7 cm³/mol. The lowest BCUT2D eigenvalue weighted by Gasteiger charge is -2.29. The number of ketones is 1. The number of carbonyl (C=O) groups excluding carboxylic acids is 2. The van der Waals surface area contributed by atoms with Crippen molar-refractivity contribution < 1.29 is 14.3 Å². The Bertz CT molecular complexity index is 257. The Kier molecular flexibility index (Phi) is 3.44. The number of ether oxygens (including phenoxy) is 1. The summed E-state index contributed by atoms with van der Waals surface area (Å²) < 4.78 is 4.93. The Morgan fingerprint density at radius 2 is 2.36 bits per heavy atom. The summed E-state index contributed by atoms with van der Waals surface area (Å²) >= 11 is 0. The van der Waals surface area contributed by atoms with E-state index < -0.39 is 11.4 Å². The molecule has 0 spiro atoms. The first-order chi connectivity index (χ1) is 6.61. The van der Waals surface area contributed by atoms with Crippen LogP contribution in [0.25, 0.3) is 0 Å². The van der Waals surface area contributed by atoms with Crippen LogP contribution in [0.4, 0.5) is 0 Å². The summed E-state index contributed by atoms with van der Waals surface area (Å²) in [7, 11) is 0. The van der Waals surface area contributed by atoms with E-state index >= 15 is 0 Å². The highest BCUT2D eigenvalue weighted by molar-refractivity contribution is 6.03. The summed E-state index contributed by atoms with van der Waals surface area (Å²) in [6.45, 7) is 5.32. The van der Waals surface area contributed by atoms with Gasteiger partial charge in [-0.15, -0.1) is 0 Å². The van der Waals surface area contributed by atoms with Crippen LogP contribution in [0.2, 0.25) is 0 Å². The summed E-state index contributed by atoms with van der Waals surface area (Å²) in [6, 6.07) is 0. The van der Waals surface area contributed by atoms with Gasteiger partial charge in [0.05, 0.1) is 0 Å². The van der Waals surface area contributed by atoms with Crippen LogP contribution in [0.15, 0.2) is 12.7 Å². The SMILES string of the molecule is C=CCOC(=O)C1(C)CCCCC1=O.